The molecule has 6 heteroatoms. The Balaban J connectivity index is 2.67. The Kier molecular flexibility index (Phi) is 4.14. The molecule has 0 bridgehead atoms. The van der Waals surface area contributed by atoms with Crippen LogP contribution >= 0.6 is 0 Å². The van der Waals surface area contributed by atoms with Gasteiger partial charge >= 0.3 is 0 Å². The normalized spacial score (nSPS) is 11.5. The molecule has 1 N–H and O–H groups in total. The van der Waals surface area contributed by atoms with Gasteiger partial charge in [0.25, 0.3) is 11.2 Å². The second kappa shape index (κ2) is 5.73. The molecule has 0 saturated heterocycles. The summed E-state index contributed by atoms with van der Waals surface area (Å²) in [4.78, 5) is 23.0. The van der Waals surface area contributed by atoms with Crippen LogP contribution in [0, 0.1) is 10.1 Å². The summed E-state index contributed by atoms with van der Waals surface area (Å²) >= 11 is 0. The average molecular weight is 302 g/mol. The molecule has 0 aliphatic rings. The summed E-state index contributed by atoms with van der Waals surface area (Å²) in [5.74, 6) is 0. The second-order valence-electron chi connectivity index (χ2n) is 5.55. The molecule has 0 spiro atoms. The summed E-state index contributed by atoms with van der Waals surface area (Å²) < 4.78 is 1.51. The average Bonchev–Trinajstić information content (AvgIpc) is 2.45. The van der Waals surface area contributed by atoms with Crippen molar-refractivity contribution in [3.8, 4) is 11.3 Å². The number of pyridine rings is 1. The fourth-order valence-corrected chi connectivity index (χ4v) is 2.39. The quantitative estimate of drug-likeness (QED) is 0.695. The van der Waals surface area contributed by atoms with Crippen LogP contribution in [0.2, 0.25) is 0 Å². The maximum absolute atomic E-state index is 12.5. The van der Waals surface area contributed by atoms with Crippen LogP contribution in [0.5, 0.6) is 0 Å². The van der Waals surface area contributed by atoms with Crippen LogP contribution in [0.15, 0.2) is 41.2 Å². The van der Waals surface area contributed by atoms with Crippen LogP contribution in [0.25, 0.3) is 11.3 Å². The van der Waals surface area contributed by atoms with Gasteiger partial charge in [-0.2, -0.15) is 0 Å². The van der Waals surface area contributed by atoms with Crippen molar-refractivity contribution in [1.82, 2.24) is 4.57 Å². The number of hydrogen-bond donors (Lipinski definition) is 1. The number of aromatic nitrogens is 1. The van der Waals surface area contributed by atoms with Gasteiger partial charge < -0.3 is 9.67 Å². The van der Waals surface area contributed by atoms with Crippen molar-refractivity contribution < 1.29 is 10.0 Å². The fraction of sp³-hybridized carbons (Fsp3) is 0.312. The predicted molar refractivity (Wildman–Crippen MR) is 83.7 cm³/mol. The van der Waals surface area contributed by atoms with Gasteiger partial charge in [-0.05, 0) is 32.9 Å². The van der Waals surface area contributed by atoms with E-state index in [1.54, 1.807) is 38.1 Å². The lowest BCUT2D eigenvalue weighted by Crippen LogP contribution is -2.32. The number of rotatable bonds is 4. The fourth-order valence-electron chi connectivity index (χ4n) is 2.39. The van der Waals surface area contributed by atoms with Gasteiger partial charge in [-0.3, -0.25) is 14.9 Å². The Morgan fingerprint density at radius 1 is 1.27 bits per heavy atom. The Labute approximate surface area is 127 Å². The maximum Gasteiger partial charge on any atom is 0.270 e. The van der Waals surface area contributed by atoms with Gasteiger partial charge in [0.05, 0.1) is 16.2 Å². The molecule has 0 saturated carbocycles. The molecule has 1 aromatic heterocycles. The standard InChI is InChI=1S/C16H18N2O4/c1-4-17-14(9-8-13(15(17)19)16(2,3)20)11-6-5-7-12(10-11)18(21)22/h5-10,20H,4H2,1-3H3. The minimum Gasteiger partial charge on any atom is -0.386 e. The van der Waals surface area contributed by atoms with Crippen LogP contribution in [-0.2, 0) is 12.1 Å². The molecule has 1 aromatic carbocycles. The number of non-ortho nitro benzene ring substituents is 1. The first kappa shape index (κ1) is 15.9. The van der Waals surface area contributed by atoms with Crippen LogP contribution in [0.1, 0.15) is 26.3 Å². The SMILES string of the molecule is CCn1c(-c2cccc([N+](=O)[O-])c2)ccc(C(C)(C)O)c1=O. The van der Waals surface area contributed by atoms with Gasteiger partial charge in [0.1, 0.15) is 0 Å². The van der Waals surface area contributed by atoms with E-state index in [9.17, 15) is 20.0 Å². The van der Waals surface area contributed by atoms with Gasteiger partial charge in [0.2, 0.25) is 0 Å². The highest BCUT2D eigenvalue weighted by Crippen LogP contribution is 2.25. The third-order valence-corrected chi connectivity index (χ3v) is 3.50. The molecule has 0 aliphatic carbocycles. The monoisotopic (exact) mass is 302 g/mol. The first-order valence-electron chi connectivity index (χ1n) is 6.97. The molecule has 0 amide bonds. The number of aliphatic hydroxyl groups is 1. The largest absolute Gasteiger partial charge is 0.386 e. The van der Waals surface area contributed by atoms with E-state index in [4.69, 9.17) is 0 Å². The molecule has 2 rings (SSSR count). The Morgan fingerprint density at radius 2 is 1.95 bits per heavy atom. The molecule has 0 aliphatic heterocycles. The topological polar surface area (TPSA) is 85.4 Å². The summed E-state index contributed by atoms with van der Waals surface area (Å²) in [7, 11) is 0. The lowest BCUT2D eigenvalue weighted by atomic mass is 9.98. The van der Waals surface area contributed by atoms with E-state index in [1.165, 1.54) is 16.7 Å². The Bertz CT molecular complexity index is 772. The van der Waals surface area contributed by atoms with Crippen LogP contribution < -0.4 is 5.56 Å². The van der Waals surface area contributed by atoms with E-state index in [1.807, 2.05) is 6.92 Å². The second-order valence-corrected chi connectivity index (χ2v) is 5.55. The van der Waals surface area contributed by atoms with Gasteiger partial charge in [-0.1, -0.05) is 12.1 Å². The minimum absolute atomic E-state index is 0.0285. The number of nitrogens with zero attached hydrogens (tertiary/aromatic N) is 2. The van der Waals surface area contributed by atoms with E-state index in [2.05, 4.69) is 0 Å². The molecule has 1 heterocycles. The van der Waals surface area contributed by atoms with E-state index in [0.717, 1.165) is 0 Å². The first-order chi connectivity index (χ1) is 10.3. The highest BCUT2D eigenvalue weighted by atomic mass is 16.6. The van der Waals surface area contributed by atoms with Crippen molar-refractivity contribution in [3.63, 3.8) is 0 Å². The molecule has 6 nitrogen and oxygen atoms in total. The minimum atomic E-state index is -1.24. The Morgan fingerprint density at radius 3 is 2.50 bits per heavy atom. The summed E-state index contributed by atoms with van der Waals surface area (Å²) in [5, 5.41) is 21.0. The zero-order valence-electron chi connectivity index (χ0n) is 12.7. The van der Waals surface area contributed by atoms with E-state index < -0.39 is 10.5 Å². The summed E-state index contributed by atoms with van der Waals surface area (Å²) in [6.45, 7) is 5.32. The highest BCUT2D eigenvalue weighted by Gasteiger charge is 2.22. The number of benzene rings is 1. The Hall–Kier alpha value is -2.47. The molecule has 22 heavy (non-hydrogen) atoms. The molecule has 2 aromatic rings. The van der Waals surface area contributed by atoms with Crippen LogP contribution in [0.4, 0.5) is 5.69 Å². The van der Waals surface area contributed by atoms with Crippen molar-refractivity contribution in [3.05, 3.63) is 62.4 Å². The molecule has 0 atom stereocenters. The van der Waals surface area contributed by atoms with Crippen molar-refractivity contribution in [1.29, 1.82) is 0 Å². The van der Waals surface area contributed by atoms with Gasteiger partial charge in [-0.15, -0.1) is 0 Å². The van der Waals surface area contributed by atoms with Gasteiger partial charge in [0, 0.05) is 29.8 Å². The maximum atomic E-state index is 12.5. The zero-order chi connectivity index (χ0) is 16.5. The molecule has 0 unspecified atom stereocenters. The first-order valence-corrected chi connectivity index (χ1v) is 6.97. The van der Waals surface area contributed by atoms with Crippen molar-refractivity contribution >= 4 is 5.69 Å². The van der Waals surface area contributed by atoms with E-state index >= 15 is 0 Å². The summed E-state index contributed by atoms with van der Waals surface area (Å²) in [6.07, 6.45) is 0. The third-order valence-electron chi connectivity index (χ3n) is 3.50. The lowest BCUT2D eigenvalue weighted by Gasteiger charge is -2.20. The zero-order valence-corrected chi connectivity index (χ0v) is 12.7. The number of nitro groups is 1. The van der Waals surface area contributed by atoms with E-state index in [-0.39, 0.29) is 11.2 Å². The van der Waals surface area contributed by atoms with Gasteiger partial charge in [0.15, 0.2) is 0 Å². The third kappa shape index (κ3) is 2.92. The summed E-state index contributed by atoms with van der Waals surface area (Å²) in [5.41, 5.74) is -0.0868. The predicted octanol–water partition coefficient (Wildman–Crippen LogP) is 2.67. The molecule has 116 valence electrons. The van der Waals surface area contributed by atoms with Crippen LogP contribution in [0.3, 0.4) is 0 Å². The summed E-state index contributed by atoms with van der Waals surface area (Å²) in [6, 6.07) is 9.42. The van der Waals surface area contributed by atoms with Crippen molar-refractivity contribution in [2.45, 2.75) is 32.9 Å². The van der Waals surface area contributed by atoms with Gasteiger partial charge in [-0.25, -0.2) is 0 Å². The lowest BCUT2D eigenvalue weighted by molar-refractivity contribution is -0.384. The van der Waals surface area contributed by atoms with Crippen molar-refractivity contribution in [2.75, 3.05) is 0 Å². The molecule has 0 radical (unpaired) electrons. The molecular formula is C16H18N2O4. The molecule has 0 fully saturated rings. The van der Waals surface area contributed by atoms with Crippen molar-refractivity contribution in [2.24, 2.45) is 0 Å². The van der Waals surface area contributed by atoms with Crippen LogP contribution in [-0.4, -0.2) is 14.6 Å². The number of hydrogen-bond acceptors (Lipinski definition) is 4. The highest BCUT2D eigenvalue weighted by molar-refractivity contribution is 5.63. The smallest absolute Gasteiger partial charge is 0.270 e. The number of nitro benzene ring substituents is 1. The molecular weight excluding hydrogens is 284 g/mol. The van der Waals surface area contributed by atoms with E-state index in [0.29, 0.717) is 23.4 Å².